The van der Waals surface area contributed by atoms with Crippen LogP contribution in [0.15, 0.2) is 0 Å². The summed E-state index contributed by atoms with van der Waals surface area (Å²) in [6.45, 7) is 3.64. The van der Waals surface area contributed by atoms with Crippen molar-refractivity contribution in [2.75, 3.05) is 27.0 Å². The molecular formula is C9H17O6P. The van der Waals surface area contributed by atoms with E-state index >= 15 is 0 Å². The summed E-state index contributed by atoms with van der Waals surface area (Å²) in [5, 5.41) is 0. The van der Waals surface area contributed by atoms with Gasteiger partial charge in [-0.25, -0.2) is 0 Å². The van der Waals surface area contributed by atoms with Crippen LogP contribution in [0.4, 0.5) is 0 Å². The van der Waals surface area contributed by atoms with Crippen LogP contribution in [0, 0.1) is 0 Å². The van der Waals surface area contributed by atoms with Crippen molar-refractivity contribution in [3.8, 4) is 0 Å². The molecule has 0 aromatic rings. The van der Waals surface area contributed by atoms with Crippen LogP contribution in [0.5, 0.6) is 0 Å². The predicted molar refractivity (Wildman–Crippen MR) is 55.5 cm³/mol. The van der Waals surface area contributed by atoms with E-state index in [-0.39, 0.29) is 12.2 Å². The average Bonchev–Trinajstić information content (AvgIpc) is 2.54. The van der Waals surface area contributed by atoms with Crippen LogP contribution in [-0.4, -0.2) is 55.8 Å². The molecule has 0 amide bonds. The predicted octanol–water partition coefficient (Wildman–Crippen LogP) is 0.389. The smallest absolute Gasteiger partial charge is 0.325 e. The molecule has 0 radical (unpaired) electrons. The van der Waals surface area contributed by atoms with E-state index in [1.54, 1.807) is 7.11 Å². The summed E-state index contributed by atoms with van der Waals surface area (Å²) in [4.78, 5) is 9.29. The molecule has 6 nitrogen and oxygen atoms in total. The zero-order chi connectivity index (χ0) is 12.0. The highest BCUT2D eigenvalue weighted by Gasteiger charge is 2.62. The second-order valence-corrected chi connectivity index (χ2v) is 6.24. The van der Waals surface area contributed by atoms with Crippen LogP contribution in [0.25, 0.3) is 0 Å². The second-order valence-electron chi connectivity index (χ2n) is 4.43. The third-order valence-corrected chi connectivity index (χ3v) is 3.54. The molecule has 16 heavy (non-hydrogen) atoms. The normalized spacial score (nSPS) is 45.9. The van der Waals surface area contributed by atoms with Crippen molar-refractivity contribution in [3.63, 3.8) is 0 Å². The fourth-order valence-corrected chi connectivity index (χ4v) is 3.13. The van der Waals surface area contributed by atoms with E-state index in [0.29, 0.717) is 13.2 Å². The lowest BCUT2D eigenvalue weighted by Gasteiger charge is -2.29. The van der Waals surface area contributed by atoms with Crippen molar-refractivity contribution in [2.45, 2.75) is 30.8 Å². The van der Waals surface area contributed by atoms with Gasteiger partial charge in [0.15, 0.2) is 0 Å². The molecule has 2 aliphatic rings. The summed E-state index contributed by atoms with van der Waals surface area (Å²) in [6, 6.07) is 0. The third kappa shape index (κ3) is 2.06. The van der Waals surface area contributed by atoms with E-state index in [1.807, 2.05) is 6.92 Å². The topological polar surface area (TPSA) is 74.2 Å². The van der Waals surface area contributed by atoms with Gasteiger partial charge in [-0.15, -0.1) is 0 Å². The molecule has 0 saturated carbocycles. The highest BCUT2D eigenvalue weighted by molar-refractivity contribution is 7.51. The fourth-order valence-electron chi connectivity index (χ4n) is 2.40. The third-order valence-electron chi connectivity index (χ3n) is 2.92. The van der Waals surface area contributed by atoms with Crippen LogP contribution >= 0.6 is 7.60 Å². The quantitative estimate of drug-likeness (QED) is 0.729. The molecule has 2 rings (SSSR count). The van der Waals surface area contributed by atoms with E-state index in [2.05, 4.69) is 0 Å². The van der Waals surface area contributed by atoms with E-state index < -0.39 is 19.3 Å². The second kappa shape index (κ2) is 4.05. The van der Waals surface area contributed by atoms with Gasteiger partial charge in [-0.3, -0.25) is 9.09 Å². The van der Waals surface area contributed by atoms with Crippen LogP contribution < -0.4 is 0 Å². The van der Waals surface area contributed by atoms with Crippen molar-refractivity contribution in [3.05, 3.63) is 0 Å². The molecule has 94 valence electrons. The number of hydrogen-bond donors (Lipinski definition) is 1. The van der Waals surface area contributed by atoms with Gasteiger partial charge < -0.3 is 19.1 Å². The van der Waals surface area contributed by atoms with Gasteiger partial charge in [0.1, 0.15) is 17.8 Å². The Morgan fingerprint density at radius 2 is 2.31 bits per heavy atom. The van der Waals surface area contributed by atoms with Crippen LogP contribution in [0.1, 0.15) is 6.92 Å². The number of rotatable bonds is 4. The summed E-state index contributed by atoms with van der Waals surface area (Å²) < 4.78 is 32.9. The van der Waals surface area contributed by atoms with E-state index in [0.717, 1.165) is 6.66 Å². The van der Waals surface area contributed by atoms with Crippen LogP contribution in [0.3, 0.4) is 0 Å². The maximum Gasteiger partial charge on any atom is 0.325 e. The molecule has 0 aromatic heterocycles. The highest BCUT2D eigenvalue weighted by atomic mass is 31.2. The fraction of sp³-hybridized carbons (Fsp3) is 1.00. The van der Waals surface area contributed by atoms with Gasteiger partial charge in [-0.05, 0) is 6.92 Å². The molecule has 2 heterocycles. The van der Waals surface area contributed by atoms with Crippen LogP contribution in [0.2, 0.25) is 0 Å². The Morgan fingerprint density at radius 3 is 2.81 bits per heavy atom. The van der Waals surface area contributed by atoms with Crippen molar-refractivity contribution in [1.29, 1.82) is 0 Å². The largest absolute Gasteiger partial charge is 0.381 e. The zero-order valence-corrected chi connectivity index (χ0v) is 10.5. The minimum Gasteiger partial charge on any atom is -0.381 e. The standard InChI is InChI=1S/C9H17O6P/c1-6-7-8(15-16(3,10)11)9(14-6,4-12-2)5-13-7/h6-8H,4-5H2,1-3H3,(H,10,11)/t6?,7?,8-,9-/m0/s1. The lowest BCUT2D eigenvalue weighted by Crippen LogP contribution is -2.45. The van der Waals surface area contributed by atoms with Gasteiger partial charge in [0.25, 0.3) is 0 Å². The summed E-state index contributed by atoms with van der Waals surface area (Å²) in [7, 11) is -2.01. The Hall–Kier alpha value is 0.0300. The summed E-state index contributed by atoms with van der Waals surface area (Å²) in [5.74, 6) is 0. The van der Waals surface area contributed by atoms with Gasteiger partial charge in [-0.2, -0.15) is 0 Å². The minimum atomic E-state index is -3.56. The van der Waals surface area contributed by atoms with Gasteiger partial charge in [-0.1, -0.05) is 0 Å². The lowest BCUT2D eigenvalue weighted by molar-refractivity contribution is -0.158. The van der Waals surface area contributed by atoms with Gasteiger partial charge in [0, 0.05) is 13.8 Å². The first kappa shape index (κ1) is 12.5. The molecule has 0 aliphatic carbocycles. The van der Waals surface area contributed by atoms with Crippen molar-refractivity contribution >= 4 is 7.60 Å². The molecule has 2 aliphatic heterocycles. The monoisotopic (exact) mass is 252 g/mol. The average molecular weight is 252 g/mol. The Kier molecular flexibility index (Phi) is 3.16. The lowest BCUT2D eigenvalue weighted by atomic mass is 10.00. The maximum absolute atomic E-state index is 11.3. The molecule has 1 N–H and O–H groups in total. The van der Waals surface area contributed by atoms with Crippen molar-refractivity contribution in [2.24, 2.45) is 0 Å². The maximum atomic E-state index is 11.3. The molecule has 5 atom stereocenters. The first-order chi connectivity index (χ1) is 7.38. The minimum absolute atomic E-state index is 0.152. The molecular weight excluding hydrogens is 235 g/mol. The first-order valence-corrected chi connectivity index (χ1v) is 7.17. The Labute approximate surface area is 94.4 Å². The number of methoxy groups -OCH3 is 1. The van der Waals surface area contributed by atoms with E-state index in [4.69, 9.17) is 18.7 Å². The molecule has 3 unspecified atom stereocenters. The molecule has 7 heteroatoms. The zero-order valence-electron chi connectivity index (χ0n) is 9.58. The molecule has 2 bridgehead atoms. The van der Waals surface area contributed by atoms with Gasteiger partial charge in [0.2, 0.25) is 0 Å². The van der Waals surface area contributed by atoms with Crippen molar-refractivity contribution in [1.82, 2.24) is 0 Å². The molecule has 0 spiro atoms. The van der Waals surface area contributed by atoms with Crippen molar-refractivity contribution < 1.29 is 28.2 Å². The molecule has 2 saturated heterocycles. The first-order valence-electron chi connectivity index (χ1n) is 5.15. The van der Waals surface area contributed by atoms with Gasteiger partial charge in [0.05, 0.1) is 19.3 Å². The highest BCUT2D eigenvalue weighted by Crippen LogP contribution is 2.49. The van der Waals surface area contributed by atoms with E-state index in [1.165, 1.54) is 0 Å². The Morgan fingerprint density at radius 1 is 1.62 bits per heavy atom. The number of hydrogen-bond acceptors (Lipinski definition) is 5. The molecule has 2 fully saturated rings. The molecule has 0 aromatic carbocycles. The Bertz CT molecular complexity index is 315. The Balaban J connectivity index is 2.19. The SMILES string of the molecule is COC[C@@]12COC(C(C)O1)[C@@H]2OP(C)(=O)O. The van der Waals surface area contributed by atoms with E-state index in [9.17, 15) is 9.46 Å². The van der Waals surface area contributed by atoms with Gasteiger partial charge >= 0.3 is 7.60 Å². The summed E-state index contributed by atoms with van der Waals surface area (Å²) >= 11 is 0. The summed E-state index contributed by atoms with van der Waals surface area (Å²) in [6.07, 6.45) is -0.987. The number of ether oxygens (including phenoxy) is 3. The summed E-state index contributed by atoms with van der Waals surface area (Å²) in [5.41, 5.74) is -0.743. The van der Waals surface area contributed by atoms with Crippen LogP contribution in [-0.2, 0) is 23.3 Å². The number of fused-ring (bicyclic) bond motifs is 2.